The maximum atomic E-state index is 5.28. The minimum absolute atomic E-state index is 0.993. The van der Waals surface area contributed by atoms with Crippen molar-refractivity contribution in [2.45, 2.75) is 6.92 Å². The van der Waals surface area contributed by atoms with Gasteiger partial charge in [-0.25, -0.2) is 9.97 Å². The van der Waals surface area contributed by atoms with Crippen LogP contribution in [-0.4, -0.2) is 9.97 Å². The van der Waals surface area contributed by atoms with E-state index in [1.807, 2.05) is 17.4 Å². The largest absolute Gasteiger partial charge is 0.247 e. The zero-order chi connectivity index (χ0) is 38.3. The summed E-state index contributed by atoms with van der Waals surface area (Å²) in [6.07, 6.45) is 0. The van der Waals surface area contributed by atoms with Gasteiger partial charge in [0.15, 0.2) is 0 Å². The number of fused-ring (bicyclic) bond motifs is 11. The van der Waals surface area contributed by atoms with Gasteiger partial charge in [-0.05, 0) is 81.2 Å². The molecule has 0 atom stereocenters. The zero-order valence-corrected chi connectivity index (χ0v) is 32.5. The highest BCUT2D eigenvalue weighted by atomic mass is 32.1. The molecular formula is C55H34N2S. The maximum Gasteiger partial charge on any atom is 0.0790 e. The van der Waals surface area contributed by atoms with E-state index in [0.29, 0.717) is 0 Å². The van der Waals surface area contributed by atoms with E-state index >= 15 is 0 Å². The van der Waals surface area contributed by atoms with E-state index in [9.17, 15) is 0 Å². The second-order valence-corrected chi connectivity index (χ2v) is 16.4. The van der Waals surface area contributed by atoms with Crippen LogP contribution >= 0.6 is 11.3 Å². The summed E-state index contributed by atoms with van der Waals surface area (Å²) >= 11 is 1.88. The fraction of sp³-hybridized carbons (Fsp3) is 0.0182. The van der Waals surface area contributed by atoms with Crippen molar-refractivity contribution in [3.63, 3.8) is 0 Å². The van der Waals surface area contributed by atoms with Gasteiger partial charge in [-0.1, -0.05) is 158 Å². The summed E-state index contributed by atoms with van der Waals surface area (Å²) in [5.74, 6) is 0. The Bertz CT molecular complexity index is 3620. The van der Waals surface area contributed by atoms with Crippen LogP contribution in [0.2, 0.25) is 0 Å². The van der Waals surface area contributed by atoms with Crippen molar-refractivity contribution in [3.05, 3.63) is 194 Å². The van der Waals surface area contributed by atoms with Crippen LogP contribution in [0.15, 0.2) is 188 Å². The second-order valence-electron chi connectivity index (χ2n) is 15.3. The molecule has 0 fully saturated rings. The molecule has 12 aromatic rings. The third-order valence-corrected chi connectivity index (χ3v) is 13.2. The fourth-order valence-corrected chi connectivity index (χ4v) is 10.4. The second kappa shape index (κ2) is 12.9. The van der Waals surface area contributed by atoms with Gasteiger partial charge >= 0.3 is 0 Å². The molecule has 0 aliphatic carbocycles. The van der Waals surface area contributed by atoms with Gasteiger partial charge in [0.05, 0.1) is 22.4 Å². The summed E-state index contributed by atoms with van der Waals surface area (Å²) in [5.41, 5.74) is 12.4. The van der Waals surface area contributed by atoms with E-state index in [0.717, 1.165) is 38.9 Å². The lowest BCUT2D eigenvalue weighted by molar-refractivity contribution is 1.40. The predicted octanol–water partition coefficient (Wildman–Crippen LogP) is 15.6. The normalized spacial score (nSPS) is 11.9. The van der Waals surface area contributed by atoms with Crippen LogP contribution in [0.1, 0.15) is 5.56 Å². The van der Waals surface area contributed by atoms with Gasteiger partial charge in [-0.2, -0.15) is 0 Å². The third-order valence-electron chi connectivity index (χ3n) is 12.0. The molecule has 12 rings (SSSR count). The Balaban J connectivity index is 0.936. The Hall–Kier alpha value is -7.20. The van der Waals surface area contributed by atoms with Gasteiger partial charge in [-0.3, -0.25) is 0 Å². The molecule has 2 nitrogen and oxygen atoms in total. The molecule has 0 saturated carbocycles. The van der Waals surface area contributed by atoms with Crippen LogP contribution in [0, 0.1) is 6.92 Å². The van der Waals surface area contributed by atoms with Crippen molar-refractivity contribution in [3.8, 4) is 44.8 Å². The molecule has 0 aliphatic heterocycles. The summed E-state index contributed by atoms with van der Waals surface area (Å²) in [6, 6.07) is 68.2. The molecule has 58 heavy (non-hydrogen) atoms. The Morgan fingerprint density at radius 2 is 1.05 bits per heavy atom. The minimum Gasteiger partial charge on any atom is -0.247 e. The first kappa shape index (κ1) is 33.0. The molecule has 0 spiro atoms. The molecule has 3 aromatic heterocycles. The molecule has 0 bridgehead atoms. The first-order chi connectivity index (χ1) is 28.6. The molecule has 3 heteroatoms. The third kappa shape index (κ3) is 5.17. The van der Waals surface area contributed by atoms with E-state index in [1.165, 1.54) is 85.7 Å². The van der Waals surface area contributed by atoms with Crippen molar-refractivity contribution in [2.24, 2.45) is 0 Å². The van der Waals surface area contributed by atoms with Crippen molar-refractivity contribution < 1.29 is 0 Å². The standard InChI is InChI=1S/C55H34N2S/c1-33-43(27-25-37-19-22-39-26-30-48(56-54(39)51(33)37)36-9-3-2-4-10-36)41-24-18-35-17-23-40(31-42(35)32-41)34-15-20-38(21-16-34)53-47-29-28-45-44-11-6-8-14-50(44)58-55(45)52(47)46-12-5-7-13-49(46)57-53/h2-32H,1H3. The molecular weight excluding hydrogens is 721 g/mol. The van der Waals surface area contributed by atoms with E-state index in [1.54, 1.807) is 0 Å². The van der Waals surface area contributed by atoms with E-state index in [-0.39, 0.29) is 0 Å². The zero-order valence-electron chi connectivity index (χ0n) is 31.7. The summed E-state index contributed by atoms with van der Waals surface area (Å²) in [5, 5.41) is 12.3. The molecule has 3 heterocycles. The fourth-order valence-electron chi connectivity index (χ4n) is 9.10. The SMILES string of the molecule is Cc1c(-c2ccc3ccc(-c4ccc(-c5nc6ccccc6c6c5ccc5c7ccccc7sc56)cc4)cc3c2)ccc2ccc3ccc(-c4ccccc4)nc3c12. The van der Waals surface area contributed by atoms with Crippen molar-refractivity contribution in [1.82, 2.24) is 9.97 Å². The van der Waals surface area contributed by atoms with Crippen LogP contribution in [0.25, 0.3) is 119 Å². The lowest BCUT2D eigenvalue weighted by atomic mass is 9.91. The summed E-state index contributed by atoms with van der Waals surface area (Å²) in [4.78, 5) is 10.5. The Labute approximate surface area is 339 Å². The number of thiophene rings is 1. The highest BCUT2D eigenvalue weighted by molar-refractivity contribution is 7.26. The van der Waals surface area contributed by atoms with Gasteiger partial charge in [0.1, 0.15) is 0 Å². The number of benzene rings is 9. The minimum atomic E-state index is 0.993. The lowest BCUT2D eigenvalue weighted by Gasteiger charge is -2.14. The van der Waals surface area contributed by atoms with E-state index in [2.05, 4.69) is 189 Å². The van der Waals surface area contributed by atoms with Crippen LogP contribution < -0.4 is 0 Å². The summed E-state index contributed by atoms with van der Waals surface area (Å²) < 4.78 is 2.64. The van der Waals surface area contributed by atoms with E-state index < -0.39 is 0 Å². The molecule has 0 radical (unpaired) electrons. The quantitative estimate of drug-likeness (QED) is 0.167. The molecule has 270 valence electrons. The maximum absolute atomic E-state index is 5.28. The number of aryl methyl sites for hydroxylation is 1. The Morgan fingerprint density at radius 3 is 1.93 bits per heavy atom. The Morgan fingerprint density at radius 1 is 0.397 bits per heavy atom. The summed E-state index contributed by atoms with van der Waals surface area (Å²) in [7, 11) is 0. The number of hydrogen-bond acceptors (Lipinski definition) is 3. The number of rotatable bonds is 4. The van der Waals surface area contributed by atoms with Crippen molar-refractivity contribution in [2.75, 3.05) is 0 Å². The lowest BCUT2D eigenvalue weighted by Crippen LogP contribution is -1.91. The van der Waals surface area contributed by atoms with E-state index in [4.69, 9.17) is 9.97 Å². The van der Waals surface area contributed by atoms with Gasteiger partial charge in [0.2, 0.25) is 0 Å². The molecule has 9 aromatic carbocycles. The molecule has 0 amide bonds. The van der Waals surface area contributed by atoms with Crippen LogP contribution in [0.4, 0.5) is 0 Å². The van der Waals surface area contributed by atoms with Gasteiger partial charge in [-0.15, -0.1) is 11.3 Å². The molecule has 0 N–H and O–H groups in total. The number of nitrogens with zero attached hydrogens (tertiary/aromatic N) is 2. The average Bonchev–Trinajstić information content (AvgIpc) is 3.67. The van der Waals surface area contributed by atoms with Crippen LogP contribution in [-0.2, 0) is 0 Å². The topological polar surface area (TPSA) is 25.8 Å². The predicted molar refractivity (Wildman–Crippen MR) is 249 cm³/mol. The highest BCUT2D eigenvalue weighted by Gasteiger charge is 2.17. The van der Waals surface area contributed by atoms with Crippen molar-refractivity contribution in [1.29, 1.82) is 0 Å². The number of aromatic nitrogens is 2. The monoisotopic (exact) mass is 754 g/mol. The number of para-hydroxylation sites is 1. The van der Waals surface area contributed by atoms with Gasteiger partial charge < -0.3 is 0 Å². The molecule has 0 saturated heterocycles. The van der Waals surface area contributed by atoms with Crippen LogP contribution in [0.3, 0.4) is 0 Å². The van der Waals surface area contributed by atoms with Crippen molar-refractivity contribution >= 4 is 85.6 Å². The molecule has 0 unspecified atom stereocenters. The first-order valence-electron chi connectivity index (χ1n) is 19.8. The highest BCUT2D eigenvalue weighted by Crippen LogP contribution is 2.44. The average molecular weight is 755 g/mol. The van der Waals surface area contributed by atoms with Gasteiger partial charge in [0.25, 0.3) is 0 Å². The first-order valence-corrected chi connectivity index (χ1v) is 20.6. The van der Waals surface area contributed by atoms with Gasteiger partial charge in [0, 0.05) is 58.2 Å². The smallest absolute Gasteiger partial charge is 0.0790 e. The molecule has 0 aliphatic rings. The number of pyridine rings is 2. The Kier molecular flexibility index (Phi) is 7.35. The number of hydrogen-bond donors (Lipinski definition) is 0. The summed E-state index contributed by atoms with van der Waals surface area (Å²) in [6.45, 7) is 2.24. The van der Waals surface area contributed by atoms with Crippen LogP contribution in [0.5, 0.6) is 0 Å².